The highest BCUT2D eigenvalue weighted by Crippen LogP contribution is 2.23. The number of morpholine rings is 1. The van der Waals surface area contributed by atoms with Crippen LogP contribution >= 0.6 is 0 Å². The number of benzene rings is 1. The van der Waals surface area contributed by atoms with Gasteiger partial charge >= 0.3 is 0 Å². The van der Waals surface area contributed by atoms with Gasteiger partial charge in [-0.15, -0.1) is 0 Å². The van der Waals surface area contributed by atoms with Crippen LogP contribution in [0, 0.1) is 12.7 Å². The molecule has 1 N–H and O–H groups in total. The first kappa shape index (κ1) is 18.4. The van der Waals surface area contributed by atoms with Gasteiger partial charge in [0, 0.05) is 25.7 Å². The molecule has 0 saturated carbocycles. The maximum atomic E-state index is 13.1. The fraction of sp³-hybridized carbons (Fsp3) is 0.421. The van der Waals surface area contributed by atoms with E-state index in [2.05, 4.69) is 10.2 Å². The van der Waals surface area contributed by atoms with E-state index in [0.29, 0.717) is 25.5 Å². The van der Waals surface area contributed by atoms with Crippen LogP contribution in [-0.4, -0.2) is 50.3 Å². The minimum atomic E-state index is -0.400. The fourth-order valence-corrected chi connectivity index (χ4v) is 2.90. The van der Waals surface area contributed by atoms with Crippen molar-refractivity contribution < 1.29 is 23.1 Å². The van der Waals surface area contributed by atoms with Gasteiger partial charge in [-0.2, -0.15) is 0 Å². The van der Waals surface area contributed by atoms with E-state index in [0.717, 1.165) is 24.6 Å². The lowest BCUT2D eigenvalue weighted by Crippen LogP contribution is -2.44. The number of nitrogens with one attached hydrogen (secondary N) is 1. The molecule has 1 amide bonds. The van der Waals surface area contributed by atoms with E-state index in [1.165, 1.54) is 18.2 Å². The zero-order valence-electron chi connectivity index (χ0n) is 14.7. The summed E-state index contributed by atoms with van der Waals surface area (Å²) in [6.07, 6.45) is 0. The lowest BCUT2D eigenvalue weighted by molar-refractivity contribution is -0.123. The van der Waals surface area contributed by atoms with Crippen molar-refractivity contribution in [2.24, 2.45) is 0 Å². The quantitative estimate of drug-likeness (QED) is 0.819. The van der Waals surface area contributed by atoms with E-state index in [-0.39, 0.29) is 18.6 Å². The molecule has 3 rings (SSSR count). The summed E-state index contributed by atoms with van der Waals surface area (Å²) in [5.74, 6) is 1.31. The van der Waals surface area contributed by atoms with Gasteiger partial charge in [-0.25, -0.2) is 4.39 Å². The summed E-state index contributed by atoms with van der Waals surface area (Å²) in [5, 5.41) is 2.87. The molecule has 2 heterocycles. The van der Waals surface area contributed by atoms with Crippen LogP contribution in [0.15, 0.2) is 40.8 Å². The summed E-state index contributed by atoms with van der Waals surface area (Å²) < 4.78 is 29.6. The predicted molar refractivity (Wildman–Crippen MR) is 93.5 cm³/mol. The Kier molecular flexibility index (Phi) is 6.25. The number of amides is 1. The first-order valence-corrected chi connectivity index (χ1v) is 8.65. The van der Waals surface area contributed by atoms with Crippen LogP contribution in [0.3, 0.4) is 0 Å². The van der Waals surface area contributed by atoms with Crippen molar-refractivity contribution in [1.82, 2.24) is 10.2 Å². The summed E-state index contributed by atoms with van der Waals surface area (Å²) in [6.45, 7) is 5.00. The molecule has 1 unspecified atom stereocenters. The molecular weight excluding hydrogens is 339 g/mol. The third-order valence-electron chi connectivity index (χ3n) is 4.23. The molecule has 1 aliphatic heterocycles. The lowest BCUT2D eigenvalue weighted by Gasteiger charge is -2.33. The van der Waals surface area contributed by atoms with Gasteiger partial charge in [-0.3, -0.25) is 9.69 Å². The second-order valence-electron chi connectivity index (χ2n) is 6.16. The molecule has 0 radical (unpaired) electrons. The van der Waals surface area contributed by atoms with Gasteiger partial charge in [0.15, 0.2) is 6.61 Å². The molecule has 1 saturated heterocycles. The van der Waals surface area contributed by atoms with Gasteiger partial charge < -0.3 is 19.2 Å². The molecule has 0 bridgehead atoms. The van der Waals surface area contributed by atoms with Gasteiger partial charge in [0.2, 0.25) is 0 Å². The SMILES string of the molecule is Cc1ccc(C(CNC(=O)COc2cccc(F)c2)N2CCOCC2)o1. The Morgan fingerprint density at radius 3 is 2.81 bits per heavy atom. The highest BCUT2D eigenvalue weighted by molar-refractivity contribution is 5.77. The fourth-order valence-electron chi connectivity index (χ4n) is 2.90. The second kappa shape index (κ2) is 8.82. The summed E-state index contributed by atoms with van der Waals surface area (Å²) in [5.41, 5.74) is 0. The largest absolute Gasteiger partial charge is 0.484 e. The van der Waals surface area contributed by atoms with Crippen molar-refractivity contribution >= 4 is 5.91 Å². The van der Waals surface area contributed by atoms with Crippen molar-refractivity contribution in [3.8, 4) is 5.75 Å². The molecule has 26 heavy (non-hydrogen) atoms. The van der Waals surface area contributed by atoms with Crippen molar-refractivity contribution in [3.63, 3.8) is 0 Å². The van der Waals surface area contributed by atoms with Crippen LogP contribution in [0.1, 0.15) is 17.6 Å². The Morgan fingerprint density at radius 1 is 1.31 bits per heavy atom. The Hall–Kier alpha value is -2.38. The van der Waals surface area contributed by atoms with Gasteiger partial charge in [0.05, 0.1) is 19.3 Å². The first-order valence-electron chi connectivity index (χ1n) is 8.65. The van der Waals surface area contributed by atoms with Crippen LogP contribution < -0.4 is 10.1 Å². The third-order valence-corrected chi connectivity index (χ3v) is 4.23. The molecule has 0 aliphatic carbocycles. The number of hydrogen-bond donors (Lipinski definition) is 1. The lowest BCUT2D eigenvalue weighted by atomic mass is 10.1. The maximum absolute atomic E-state index is 13.1. The minimum Gasteiger partial charge on any atom is -0.484 e. The van der Waals surface area contributed by atoms with E-state index >= 15 is 0 Å². The summed E-state index contributed by atoms with van der Waals surface area (Å²) >= 11 is 0. The molecular formula is C19H23FN2O4. The molecule has 1 atom stereocenters. The number of hydrogen-bond acceptors (Lipinski definition) is 5. The van der Waals surface area contributed by atoms with E-state index < -0.39 is 5.82 Å². The third kappa shape index (κ3) is 5.06. The zero-order chi connectivity index (χ0) is 18.4. The molecule has 2 aromatic rings. The molecule has 1 fully saturated rings. The minimum absolute atomic E-state index is 0.0641. The van der Waals surface area contributed by atoms with Crippen LogP contribution in [0.5, 0.6) is 5.75 Å². The normalized spacial score (nSPS) is 16.2. The van der Waals surface area contributed by atoms with Crippen LogP contribution in [-0.2, 0) is 9.53 Å². The van der Waals surface area contributed by atoms with Crippen molar-refractivity contribution in [2.75, 3.05) is 39.5 Å². The van der Waals surface area contributed by atoms with Crippen LogP contribution in [0.25, 0.3) is 0 Å². The standard InChI is InChI=1S/C19H23FN2O4/c1-14-5-6-18(26-14)17(22-7-9-24-10-8-22)12-21-19(23)13-25-16-4-2-3-15(20)11-16/h2-6,11,17H,7-10,12-13H2,1H3,(H,21,23). The Balaban J connectivity index is 1.55. The number of nitrogens with zero attached hydrogens (tertiary/aromatic N) is 1. The Morgan fingerprint density at radius 2 is 2.12 bits per heavy atom. The van der Waals surface area contributed by atoms with Crippen molar-refractivity contribution in [2.45, 2.75) is 13.0 Å². The molecule has 7 heteroatoms. The van der Waals surface area contributed by atoms with Gasteiger partial charge in [-0.1, -0.05) is 6.07 Å². The first-order chi connectivity index (χ1) is 12.6. The highest BCUT2D eigenvalue weighted by atomic mass is 19.1. The molecule has 140 valence electrons. The molecule has 0 spiro atoms. The maximum Gasteiger partial charge on any atom is 0.258 e. The molecule has 6 nitrogen and oxygen atoms in total. The number of carbonyl (C=O) groups excluding carboxylic acids is 1. The summed E-state index contributed by atoms with van der Waals surface area (Å²) in [6, 6.07) is 9.50. The number of rotatable bonds is 7. The van der Waals surface area contributed by atoms with E-state index in [1.54, 1.807) is 6.07 Å². The number of furan rings is 1. The average molecular weight is 362 g/mol. The predicted octanol–water partition coefficient (Wildman–Crippen LogP) is 2.30. The second-order valence-corrected chi connectivity index (χ2v) is 6.16. The number of carbonyl (C=O) groups is 1. The number of aryl methyl sites for hydroxylation is 1. The highest BCUT2D eigenvalue weighted by Gasteiger charge is 2.25. The monoisotopic (exact) mass is 362 g/mol. The molecule has 1 aromatic carbocycles. The van der Waals surface area contributed by atoms with Crippen LogP contribution in [0.4, 0.5) is 4.39 Å². The Labute approximate surface area is 151 Å². The number of halogens is 1. The van der Waals surface area contributed by atoms with E-state index in [9.17, 15) is 9.18 Å². The average Bonchev–Trinajstić information content (AvgIpc) is 3.07. The van der Waals surface area contributed by atoms with Crippen LogP contribution in [0.2, 0.25) is 0 Å². The molecule has 1 aromatic heterocycles. The van der Waals surface area contributed by atoms with Gasteiger partial charge in [0.1, 0.15) is 23.1 Å². The zero-order valence-corrected chi connectivity index (χ0v) is 14.7. The van der Waals surface area contributed by atoms with E-state index in [1.807, 2.05) is 19.1 Å². The summed E-state index contributed by atoms with van der Waals surface area (Å²) in [4.78, 5) is 14.4. The topological polar surface area (TPSA) is 63.9 Å². The smallest absolute Gasteiger partial charge is 0.258 e. The van der Waals surface area contributed by atoms with Gasteiger partial charge in [-0.05, 0) is 31.2 Å². The molecule has 1 aliphatic rings. The number of ether oxygens (including phenoxy) is 2. The van der Waals surface area contributed by atoms with E-state index in [4.69, 9.17) is 13.9 Å². The summed E-state index contributed by atoms with van der Waals surface area (Å²) in [7, 11) is 0. The van der Waals surface area contributed by atoms with Crippen molar-refractivity contribution in [1.29, 1.82) is 0 Å². The Bertz CT molecular complexity index is 728. The van der Waals surface area contributed by atoms with Crippen molar-refractivity contribution in [3.05, 3.63) is 53.7 Å². The van der Waals surface area contributed by atoms with Gasteiger partial charge in [0.25, 0.3) is 5.91 Å².